The zero-order chi connectivity index (χ0) is 19.2. The van der Waals surface area contributed by atoms with Crippen LogP contribution in [-0.2, 0) is 4.79 Å². The highest BCUT2D eigenvalue weighted by molar-refractivity contribution is 8.01. The molecule has 0 unspecified atom stereocenters. The molecular formula is C17H14Cl2N4O2S2. The molecule has 10 heteroatoms. The average Bonchev–Trinajstić information content (AvgIpc) is 3.12. The van der Waals surface area contributed by atoms with Crippen LogP contribution in [0, 0.1) is 0 Å². The molecule has 27 heavy (non-hydrogen) atoms. The number of anilines is 3. The summed E-state index contributed by atoms with van der Waals surface area (Å²) in [5.41, 5.74) is 1.35. The molecule has 0 atom stereocenters. The van der Waals surface area contributed by atoms with Crippen LogP contribution in [0.25, 0.3) is 0 Å². The first-order valence-corrected chi connectivity index (χ1v) is 10.2. The Bertz CT molecular complexity index is 935. The number of amides is 1. The minimum Gasteiger partial charge on any atom is -0.497 e. The lowest BCUT2D eigenvalue weighted by atomic mass is 10.3. The van der Waals surface area contributed by atoms with Crippen LogP contribution in [0.5, 0.6) is 5.75 Å². The molecule has 0 bridgehead atoms. The third-order valence-electron chi connectivity index (χ3n) is 3.30. The highest BCUT2D eigenvalue weighted by Crippen LogP contribution is 2.31. The first-order chi connectivity index (χ1) is 13.0. The number of aromatic nitrogens is 2. The first kappa shape index (κ1) is 19.8. The van der Waals surface area contributed by atoms with Gasteiger partial charge in [0.25, 0.3) is 0 Å². The van der Waals surface area contributed by atoms with Gasteiger partial charge in [-0.2, -0.15) is 0 Å². The largest absolute Gasteiger partial charge is 0.497 e. The summed E-state index contributed by atoms with van der Waals surface area (Å²) in [6.07, 6.45) is 0. The standard InChI is InChI=1S/C17H14Cl2N4O2S2/c1-25-11-7-5-10(6-8-11)20-16-22-23-17(27-16)26-9-14(24)21-13-4-2-3-12(18)15(13)19/h2-8H,9H2,1H3,(H,20,22)(H,21,24). The number of halogens is 2. The molecule has 1 aromatic heterocycles. The number of nitrogens with zero attached hydrogens (tertiary/aromatic N) is 2. The molecule has 3 rings (SSSR count). The number of carbonyl (C=O) groups is 1. The van der Waals surface area contributed by atoms with E-state index in [2.05, 4.69) is 20.8 Å². The Balaban J connectivity index is 1.52. The lowest BCUT2D eigenvalue weighted by Gasteiger charge is -2.07. The zero-order valence-corrected chi connectivity index (χ0v) is 17.2. The van der Waals surface area contributed by atoms with Crippen molar-refractivity contribution >= 4 is 68.7 Å². The number of methoxy groups -OCH3 is 1. The molecule has 3 aromatic rings. The summed E-state index contributed by atoms with van der Waals surface area (Å²) in [6, 6.07) is 12.5. The molecule has 0 fully saturated rings. The molecule has 0 saturated carbocycles. The van der Waals surface area contributed by atoms with Crippen LogP contribution >= 0.6 is 46.3 Å². The molecule has 0 aliphatic rings. The molecule has 2 N–H and O–H groups in total. The van der Waals surface area contributed by atoms with Crippen molar-refractivity contribution in [1.29, 1.82) is 0 Å². The number of hydrogen-bond acceptors (Lipinski definition) is 7. The van der Waals surface area contributed by atoms with Crippen molar-refractivity contribution in [3.63, 3.8) is 0 Å². The maximum absolute atomic E-state index is 12.1. The number of nitrogens with one attached hydrogen (secondary N) is 2. The normalized spacial score (nSPS) is 10.5. The maximum Gasteiger partial charge on any atom is 0.234 e. The Morgan fingerprint density at radius 3 is 2.70 bits per heavy atom. The van der Waals surface area contributed by atoms with Gasteiger partial charge in [-0.3, -0.25) is 4.79 Å². The average molecular weight is 441 g/mol. The van der Waals surface area contributed by atoms with E-state index in [-0.39, 0.29) is 11.7 Å². The second-order valence-electron chi connectivity index (χ2n) is 5.16. The van der Waals surface area contributed by atoms with Crippen LogP contribution < -0.4 is 15.4 Å². The van der Waals surface area contributed by atoms with Gasteiger partial charge in [-0.05, 0) is 36.4 Å². The van der Waals surface area contributed by atoms with Gasteiger partial charge in [0.15, 0.2) is 4.34 Å². The molecule has 1 amide bonds. The summed E-state index contributed by atoms with van der Waals surface area (Å²) >= 11 is 14.7. The Kier molecular flexibility index (Phi) is 6.78. The summed E-state index contributed by atoms with van der Waals surface area (Å²) in [6.45, 7) is 0. The van der Waals surface area contributed by atoms with E-state index in [0.717, 1.165) is 11.4 Å². The van der Waals surface area contributed by atoms with Crippen molar-refractivity contribution in [1.82, 2.24) is 10.2 Å². The monoisotopic (exact) mass is 440 g/mol. The van der Waals surface area contributed by atoms with Crippen LogP contribution in [0.1, 0.15) is 0 Å². The third-order valence-corrected chi connectivity index (χ3v) is 6.09. The van der Waals surface area contributed by atoms with Crippen molar-refractivity contribution in [2.24, 2.45) is 0 Å². The second kappa shape index (κ2) is 9.27. The molecule has 0 saturated heterocycles. The molecule has 0 spiro atoms. The molecular weight excluding hydrogens is 427 g/mol. The number of benzene rings is 2. The summed E-state index contributed by atoms with van der Waals surface area (Å²) in [5.74, 6) is 0.754. The maximum atomic E-state index is 12.1. The van der Waals surface area contributed by atoms with Gasteiger partial charge in [-0.1, -0.05) is 52.4 Å². The van der Waals surface area contributed by atoms with Gasteiger partial charge in [0.1, 0.15) is 5.75 Å². The molecule has 6 nitrogen and oxygen atoms in total. The van der Waals surface area contributed by atoms with Crippen LogP contribution in [0.2, 0.25) is 10.0 Å². The first-order valence-electron chi connectivity index (χ1n) is 7.66. The minimum atomic E-state index is -0.205. The van der Waals surface area contributed by atoms with E-state index in [4.69, 9.17) is 27.9 Å². The van der Waals surface area contributed by atoms with Gasteiger partial charge in [-0.15, -0.1) is 10.2 Å². The zero-order valence-electron chi connectivity index (χ0n) is 14.0. The van der Waals surface area contributed by atoms with Crippen LogP contribution in [0.15, 0.2) is 46.8 Å². The van der Waals surface area contributed by atoms with Crippen molar-refractivity contribution in [2.75, 3.05) is 23.5 Å². The van der Waals surface area contributed by atoms with E-state index in [1.807, 2.05) is 24.3 Å². The van der Waals surface area contributed by atoms with Crippen LogP contribution in [0.4, 0.5) is 16.5 Å². The Hall–Kier alpha value is -2.00. The highest BCUT2D eigenvalue weighted by Gasteiger charge is 2.11. The van der Waals surface area contributed by atoms with E-state index < -0.39 is 0 Å². The smallest absolute Gasteiger partial charge is 0.234 e. The van der Waals surface area contributed by atoms with Crippen molar-refractivity contribution in [2.45, 2.75) is 4.34 Å². The number of rotatable bonds is 7. The van der Waals surface area contributed by atoms with Gasteiger partial charge >= 0.3 is 0 Å². The van der Waals surface area contributed by atoms with Gasteiger partial charge in [0.05, 0.1) is 28.6 Å². The number of hydrogen-bond donors (Lipinski definition) is 2. The van der Waals surface area contributed by atoms with E-state index in [9.17, 15) is 4.79 Å². The quantitative estimate of drug-likeness (QED) is 0.483. The van der Waals surface area contributed by atoms with E-state index in [0.29, 0.717) is 25.2 Å². The lowest BCUT2D eigenvalue weighted by molar-refractivity contribution is -0.113. The third kappa shape index (κ3) is 5.49. The van der Waals surface area contributed by atoms with Gasteiger partial charge in [0, 0.05) is 5.69 Å². The van der Waals surface area contributed by atoms with Crippen molar-refractivity contribution in [3.8, 4) is 5.75 Å². The fourth-order valence-electron chi connectivity index (χ4n) is 2.03. The highest BCUT2D eigenvalue weighted by atomic mass is 35.5. The Morgan fingerprint density at radius 1 is 1.19 bits per heavy atom. The van der Waals surface area contributed by atoms with Gasteiger partial charge < -0.3 is 15.4 Å². The second-order valence-corrected chi connectivity index (χ2v) is 8.15. The SMILES string of the molecule is COc1ccc(Nc2nnc(SCC(=O)Nc3cccc(Cl)c3Cl)s2)cc1. The van der Waals surface area contributed by atoms with E-state index in [1.54, 1.807) is 25.3 Å². The van der Waals surface area contributed by atoms with Crippen molar-refractivity contribution < 1.29 is 9.53 Å². The molecule has 0 aliphatic heterocycles. The van der Waals surface area contributed by atoms with Gasteiger partial charge in [0.2, 0.25) is 11.0 Å². The predicted molar refractivity (Wildman–Crippen MR) is 112 cm³/mol. The van der Waals surface area contributed by atoms with Crippen LogP contribution in [-0.4, -0.2) is 29.0 Å². The molecule has 2 aromatic carbocycles. The fraction of sp³-hybridized carbons (Fsp3) is 0.118. The summed E-state index contributed by atoms with van der Waals surface area (Å²) in [4.78, 5) is 12.1. The summed E-state index contributed by atoms with van der Waals surface area (Å²) < 4.78 is 5.80. The number of thioether (sulfide) groups is 1. The lowest BCUT2D eigenvalue weighted by Crippen LogP contribution is -2.14. The molecule has 0 radical (unpaired) electrons. The minimum absolute atomic E-state index is 0.181. The Labute approximate surface area is 174 Å². The fourth-order valence-corrected chi connectivity index (χ4v) is 3.95. The topological polar surface area (TPSA) is 76.1 Å². The predicted octanol–water partition coefficient (Wildman–Crippen LogP) is 5.33. The number of ether oxygens (including phenoxy) is 1. The van der Waals surface area contributed by atoms with Crippen LogP contribution in [0.3, 0.4) is 0 Å². The van der Waals surface area contributed by atoms with E-state index in [1.165, 1.54) is 23.1 Å². The number of carbonyl (C=O) groups excluding carboxylic acids is 1. The van der Waals surface area contributed by atoms with Crippen molar-refractivity contribution in [3.05, 3.63) is 52.5 Å². The summed E-state index contributed by atoms with van der Waals surface area (Å²) in [5, 5.41) is 15.4. The molecule has 140 valence electrons. The summed E-state index contributed by atoms with van der Waals surface area (Å²) in [7, 11) is 1.62. The van der Waals surface area contributed by atoms with Gasteiger partial charge in [-0.25, -0.2) is 0 Å². The van der Waals surface area contributed by atoms with E-state index >= 15 is 0 Å². The molecule has 1 heterocycles. The Morgan fingerprint density at radius 2 is 1.96 bits per heavy atom. The molecule has 0 aliphatic carbocycles.